The Kier molecular flexibility index (Phi) is 4.22. The molecule has 1 spiro atoms. The van der Waals surface area contributed by atoms with Gasteiger partial charge in [-0.15, -0.1) is 0 Å². The lowest BCUT2D eigenvalue weighted by Gasteiger charge is -2.40. The highest BCUT2D eigenvalue weighted by atomic mass is 32.2. The van der Waals surface area contributed by atoms with Gasteiger partial charge in [0.1, 0.15) is 5.82 Å². The van der Waals surface area contributed by atoms with E-state index in [1.807, 2.05) is 4.90 Å². The first-order valence-corrected chi connectivity index (χ1v) is 10.7. The van der Waals surface area contributed by atoms with Crippen LogP contribution in [0.25, 0.3) is 0 Å². The first kappa shape index (κ1) is 18.0. The standard InChI is InChI=1S/C17H22F3N3O2S/c18-17(19,20)13-1-2-15(21-9-13)22-6-3-14(4-7-22)23-8-5-16(10-23)11-26(24,25)12-16/h1-2,9,14H,3-8,10-12H2. The van der Waals surface area contributed by atoms with Crippen LogP contribution in [0, 0.1) is 5.41 Å². The molecule has 4 heterocycles. The van der Waals surface area contributed by atoms with Crippen molar-refractivity contribution >= 4 is 15.7 Å². The van der Waals surface area contributed by atoms with Gasteiger partial charge in [0.2, 0.25) is 0 Å². The molecule has 0 saturated carbocycles. The molecule has 3 fully saturated rings. The van der Waals surface area contributed by atoms with E-state index in [9.17, 15) is 21.6 Å². The molecule has 1 aromatic rings. The van der Waals surface area contributed by atoms with Gasteiger partial charge in [0.15, 0.2) is 9.84 Å². The Morgan fingerprint density at radius 3 is 2.35 bits per heavy atom. The Balaban J connectivity index is 1.32. The number of hydrogen-bond acceptors (Lipinski definition) is 5. The van der Waals surface area contributed by atoms with Gasteiger partial charge in [0.05, 0.1) is 17.1 Å². The first-order valence-electron chi connectivity index (χ1n) is 8.89. The predicted molar refractivity (Wildman–Crippen MR) is 91.8 cm³/mol. The minimum atomic E-state index is -4.36. The maximum Gasteiger partial charge on any atom is 0.417 e. The molecule has 0 bridgehead atoms. The lowest BCUT2D eigenvalue weighted by molar-refractivity contribution is -0.137. The Hall–Kier alpha value is -1.35. The van der Waals surface area contributed by atoms with E-state index in [4.69, 9.17) is 0 Å². The SMILES string of the molecule is O=S1(=O)CC2(CCN(C3CCN(c4ccc(C(F)(F)F)cn4)CC3)C2)C1. The molecule has 5 nitrogen and oxygen atoms in total. The molecular formula is C17H22F3N3O2S. The number of piperidine rings is 1. The largest absolute Gasteiger partial charge is 0.417 e. The third-order valence-electron chi connectivity index (χ3n) is 5.90. The monoisotopic (exact) mass is 389 g/mol. The van der Waals surface area contributed by atoms with Crippen LogP contribution < -0.4 is 4.90 Å². The van der Waals surface area contributed by atoms with Crippen LogP contribution in [-0.2, 0) is 16.0 Å². The van der Waals surface area contributed by atoms with Crippen molar-refractivity contribution in [3.05, 3.63) is 23.9 Å². The minimum Gasteiger partial charge on any atom is -0.357 e. The van der Waals surface area contributed by atoms with E-state index in [2.05, 4.69) is 9.88 Å². The molecule has 0 radical (unpaired) electrons. The van der Waals surface area contributed by atoms with Gasteiger partial charge in [-0.2, -0.15) is 13.2 Å². The number of aromatic nitrogens is 1. The fourth-order valence-electron chi connectivity index (χ4n) is 4.61. The Morgan fingerprint density at radius 1 is 1.12 bits per heavy atom. The van der Waals surface area contributed by atoms with Crippen molar-refractivity contribution in [2.24, 2.45) is 5.41 Å². The van der Waals surface area contributed by atoms with Crippen molar-refractivity contribution in [3.63, 3.8) is 0 Å². The van der Waals surface area contributed by atoms with Crippen molar-refractivity contribution in [1.82, 2.24) is 9.88 Å². The normalized spacial score (nSPS) is 26.2. The second-order valence-electron chi connectivity index (χ2n) is 7.87. The quantitative estimate of drug-likeness (QED) is 0.776. The van der Waals surface area contributed by atoms with Crippen molar-refractivity contribution in [2.75, 3.05) is 42.6 Å². The van der Waals surface area contributed by atoms with Crippen molar-refractivity contribution in [1.29, 1.82) is 0 Å². The number of anilines is 1. The van der Waals surface area contributed by atoms with Gasteiger partial charge >= 0.3 is 6.18 Å². The number of halogens is 3. The summed E-state index contributed by atoms with van der Waals surface area (Å²) >= 11 is 0. The zero-order valence-electron chi connectivity index (χ0n) is 14.4. The summed E-state index contributed by atoms with van der Waals surface area (Å²) in [5, 5.41) is 0. The molecule has 3 saturated heterocycles. The van der Waals surface area contributed by atoms with Crippen LogP contribution in [0.1, 0.15) is 24.8 Å². The highest BCUT2D eigenvalue weighted by molar-refractivity contribution is 7.92. The van der Waals surface area contributed by atoms with Gasteiger partial charge in [0.25, 0.3) is 0 Å². The number of nitrogens with zero attached hydrogens (tertiary/aromatic N) is 3. The van der Waals surface area contributed by atoms with E-state index in [1.54, 1.807) is 0 Å². The van der Waals surface area contributed by atoms with Crippen LogP contribution >= 0.6 is 0 Å². The summed E-state index contributed by atoms with van der Waals surface area (Å²) < 4.78 is 60.9. The third-order valence-corrected chi connectivity index (χ3v) is 8.00. The third kappa shape index (κ3) is 3.43. The average Bonchev–Trinajstić information content (AvgIpc) is 2.98. The fourth-order valence-corrected chi connectivity index (χ4v) is 6.86. The maximum atomic E-state index is 12.6. The second-order valence-corrected chi connectivity index (χ2v) is 9.94. The van der Waals surface area contributed by atoms with Crippen LogP contribution in [0.5, 0.6) is 0 Å². The topological polar surface area (TPSA) is 53.5 Å². The van der Waals surface area contributed by atoms with Gasteiger partial charge in [-0.25, -0.2) is 13.4 Å². The van der Waals surface area contributed by atoms with Crippen LogP contribution in [0.2, 0.25) is 0 Å². The molecule has 144 valence electrons. The van der Waals surface area contributed by atoms with Gasteiger partial charge in [-0.1, -0.05) is 0 Å². The van der Waals surface area contributed by atoms with Crippen LogP contribution in [0.15, 0.2) is 18.3 Å². The number of pyridine rings is 1. The number of likely N-dealkylation sites (tertiary alicyclic amines) is 1. The van der Waals surface area contributed by atoms with E-state index in [1.165, 1.54) is 6.07 Å². The zero-order valence-corrected chi connectivity index (χ0v) is 15.2. The Labute approximate surface area is 151 Å². The number of hydrogen-bond donors (Lipinski definition) is 0. The average molecular weight is 389 g/mol. The molecular weight excluding hydrogens is 367 g/mol. The van der Waals surface area contributed by atoms with E-state index in [-0.39, 0.29) is 5.41 Å². The number of alkyl halides is 3. The molecule has 0 aromatic carbocycles. The predicted octanol–water partition coefficient (Wildman–Crippen LogP) is 2.19. The van der Waals surface area contributed by atoms with Gasteiger partial charge < -0.3 is 4.90 Å². The molecule has 26 heavy (non-hydrogen) atoms. The lowest BCUT2D eigenvalue weighted by atomic mass is 9.91. The highest BCUT2D eigenvalue weighted by Crippen LogP contribution is 2.43. The Morgan fingerprint density at radius 2 is 1.81 bits per heavy atom. The molecule has 0 unspecified atom stereocenters. The molecule has 3 aliphatic rings. The highest BCUT2D eigenvalue weighted by Gasteiger charge is 2.52. The van der Waals surface area contributed by atoms with Gasteiger partial charge in [-0.3, -0.25) is 4.90 Å². The second kappa shape index (κ2) is 6.09. The molecule has 9 heteroatoms. The molecule has 3 aliphatic heterocycles. The summed E-state index contributed by atoms with van der Waals surface area (Å²) in [5.41, 5.74) is -0.751. The van der Waals surface area contributed by atoms with Crippen LogP contribution in [-0.4, -0.2) is 62.0 Å². The summed E-state index contributed by atoms with van der Waals surface area (Å²) in [6.45, 7) is 3.31. The summed E-state index contributed by atoms with van der Waals surface area (Å²) in [6, 6.07) is 2.94. The van der Waals surface area contributed by atoms with Gasteiger partial charge in [0, 0.05) is 37.3 Å². The van der Waals surface area contributed by atoms with E-state index in [0.717, 1.165) is 57.7 Å². The fraction of sp³-hybridized carbons (Fsp3) is 0.706. The van der Waals surface area contributed by atoms with Crippen molar-refractivity contribution in [3.8, 4) is 0 Å². The summed E-state index contributed by atoms with van der Waals surface area (Å²) in [7, 11) is -2.81. The van der Waals surface area contributed by atoms with E-state index in [0.29, 0.717) is 23.4 Å². The number of sulfone groups is 1. The molecule has 0 amide bonds. The van der Waals surface area contributed by atoms with Gasteiger partial charge in [-0.05, 0) is 37.9 Å². The summed E-state index contributed by atoms with van der Waals surface area (Å²) in [6.07, 6.45) is -0.675. The van der Waals surface area contributed by atoms with E-state index < -0.39 is 21.6 Å². The first-order chi connectivity index (χ1) is 12.2. The molecule has 4 rings (SSSR count). The minimum absolute atomic E-state index is 0.0229. The lowest BCUT2D eigenvalue weighted by Crippen LogP contribution is -2.52. The summed E-state index contributed by atoms with van der Waals surface area (Å²) in [5.74, 6) is 1.23. The van der Waals surface area contributed by atoms with Crippen LogP contribution in [0.4, 0.5) is 19.0 Å². The molecule has 1 aromatic heterocycles. The number of rotatable bonds is 2. The smallest absolute Gasteiger partial charge is 0.357 e. The molecule has 0 aliphatic carbocycles. The Bertz CT molecular complexity index is 759. The molecule has 0 N–H and O–H groups in total. The zero-order chi connectivity index (χ0) is 18.6. The summed E-state index contributed by atoms with van der Waals surface area (Å²) in [4.78, 5) is 8.41. The van der Waals surface area contributed by atoms with Crippen molar-refractivity contribution in [2.45, 2.75) is 31.5 Å². The van der Waals surface area contributed by atoms with Crippen molar-refractivity contribution < 1.29 is 21.6 Å². The molecule has 0 atom stereocenters. The maximum absolute atomic E-state index is 12.6. The van der Waals surface area contributed by atoms with E-state index >= 15 is 0 Å². The van der Waals surface area contributed by atoms with Crippen LogP contribution in [0.3, 0.4) is 0 Å².